The second kappa shape index (κ2) is 7.91. The zero-order valence-electron chi connectivity index (χ0n) is 14.4. The molecule has 8 heteroatoms. The van der Waals surface area contributed by atoms with Crippen LogP contribution >= 0.6 is 27.5 Å². The number of carbonyl (C=O) groups excluding carboxylic acids is 2. The van der Waals surface area contributed by atoms with Crippen molar-refractivity contribution in [3.05, 3.63) is 33.0 Å². The van der Waals surface area contributed by atoms with E-state index in [1.165, 1.54) is 6.07 Å². The fourth-order valence-corrected chi connectivity index (χ4v) is 3.04. The Kier molecular flexibility index (Phi) is 6.32. The minimum Gasteiger partial charge on any atom is -0.444 e. The number of hydrogen-bond donors (Lipinski definition) is 1. The van der Waals surface area contributed by atoms with Crippen molar-refractivity contribution in [3.8, 4) is 0 Å². The number of likely N-dealkylation sites (tertiary alicyclic amines) is 1. The van der Waals surface area contributed by atoms with Gasteiger partial charge in [0.15, 0.2) is 0 Å². The van der Waals surface area contributed by atoms with Gasteiger partial charge in [-0.15, -0.1) is 0 Å². The fourth-order valence-electron chi connectivity index (χ4n) is 2.55. The molecule has 1 atom stereocenters. The van der Waals surface area contributed by atoms with Crippen molar-refractivity contribution in [2.75, 3.05) is 13.1 Å². The Bertz CT molecular complexity index is 679. The number of hydrogen-bond acceptors (Lipinski definition) is 3. The number of halogens is 3. The van der Waals surface area contributed by atoms with Crippen LogP contribution in [-0.2, 0) is 4.74 Å². The molecule has 0 spiro atoms. The zero-order chi connectivity index (χ0) is 18.8. The van der Waals surface area contributed by atoms with Crippen molar-refractivity contribution < 1.29 is 18.7 Å². The molecule has 0 saturated carbocycles. The zero-order valence-corrected chi connectivity index (χ0v) is 16.7. The van der Waals surface area contributed by atoms with E-state index in [1.54, 1.807) is 25.7 Å². The van der Waals surface area contributed by atoms with Gasteiger partial charge in [-0.1, -0.05) is 11.6 Å². The normalized spacial score (nSPS) is 18.0. The van der Waals surface area contributed by atoms with Crippen LogP contribution in [0, 0.1) is 5.82 Å². The molecule has 1 heterocycles. The maximum atomic E-state index is 14.0. The molecule has 1 saturated heterocycles. The first-order valence-corrected chi connectivity index (χ1v) is 9.17. The van der Waals surface area contributed by atoms with Crippen molar-refractivity contribution >= 4 is 39.5 Å². The highest BCUT2D eigenvalue weighted by Crippen LogP contribution is 2.26. The molecular weight excluding hydrogens is 415 g/mol. The van der Waals surface area contributed by atoms with Crippen LogP contribution in [0.15, 0.2) is 16.6 Å². The molecule has 1 fully saturated rings. The summed E-state index contributed by atoms with van der Waals surface area (Å²) in [4.78, 5) is 26.1. The van der Waals surface area contributed by atoms with E-state index in [0.717, 1.165) is 12.5 Å². The predicted molar refractivity (Wildman–Crippen MR) is 97.4 cm³/mol. The third-order valence-corrected chi connectivity index (χ3v) is 4.86. The van der Waals surface area contributed by atoms with Gasteiger partial charge in [-0.25, -0.2) is 9.18 Å². The van der Waals surface area contributed by atoms with E-state index in [0.29, 0.717) is 24.0 Å². The predicted octanol–water partition coefficient (Wildman–Crippen LogP) is 4.37. The lowest BCUT2D eigenvalue weighted by Crippen LogP contribution is -2.50. The maximum absolute atomic E-state index is 14.0. The summed E-state index contributed by atoms with van der Waals surface area (Å²) in [7, 11) is 0. The molecule has 1 aliphatic heterocycles. The van der Waals surface area contributed by atoms with E-state index >= 15 is 0 Å². The summed E-state index contributed by atoms with van der Waals surface area (Å²) in [6, 6.07) is 2.18. The van der Waals surface area contributed by atoms with Crippen molar-refractivity contribution in [3.63, 3.8) is 0 Å². The number of rotatable bonds is 2. The average Bonchev–Trinajstić information content (AvgIpc) is 2.49. The van der Waals surface area contributed by atoms with Crippen LogP contribution in [0.3, 0.4) is 0 Å². The number of amides is 2. The van der Waals surface area contributed by atoms with Crippen LogP contribution in [0.25, 0.3) is 0 Å². The van der Waals surface area contributed by atoms with Crippen molar-refractivity contribution in [1.29, 1.82) is 0 Å². The third kappa shape index (κ3) is 5.57. The van der Waals surface area contributed by atoms with Gasteiger partial charge in [0, 0.05) is 23.6 Å². The fraction of sp³-hybridized carbons (Fsp3) is 0.529. The second-order valence-corrected chi connectivity index (χ2v) is 8.25. The maximum Gasteiger partial charge on any atom is 0.410 e. The molecule has 1 N–H and O–H groups in total. The molecule has 1 aromatic rings. The Morgan fingerprint density at radius 2 is 2.08 bits per heavy atom. The summed E-state index contributed by atoms with van der Waals surface area (Å²) in [6.07, 6.45) is 1.03. The van der Waals surface area contributed by atoms with E-state index < -0.39 is 23.4 Å². The minimum atomic E-state index is -0.689. The molecule has 1 aromatic carbocycles. The van der Waals surface area contributed by atoms with Crippen molar-refractivity contribution in [1.82, 2.24) is 10.2 Å². The Labute approximate surface area is 160 Å². The number of carbonyl (C=O) groups is 2. The summed E-state index contributed by atoms with van der Waals surface area (Å²) < 4.78 is 19.8. The van der Waals surface area contributed by atoms with Crippen molar-refractivity contribution in [2.24, 2.45) is 0 Å². The van der Waals surface area contributed by atoms with Gasteiger partial charge >= 0.3 is 6.09 Å². The molecule has 0 unspecified atom stereocenters. The number of nitrogens with one attached hydrogen (secondary N) is 1. The van der Waals surface area contributed by atoms with E-state index in [1.807, 2.05) is 0 Å². The minimum absolute atomic E-state index is 0.0920. The van der Waals surface area contributed by atoms with Gasteiger partial charge in [0.25, 0.3) is 5.91 Å². The molecule has 2 amide bonds. The van der Waals surface area contributed by atoms with Crippen LogP contribution < -0.4 is 5.32 Å². The third-order valence-electron chi connectivity index (χ3n) is 3.66. The molecule has 0 radical (unpaired) electrons. The smallest absolute Gasteiger partial charge is 0.410 e. The Morgan fingerprint density at radius 3 is 2.72 bits per heavy atom. The van der Waals surface area contributed by atoms with Gasteiger partial charge in [0.2, 0.25) is 0 Å². The van der Waals surface area contributed by atoms with Crippen LogP contribution in [0.5, 0.6) is 0 Å². The highest BCUT2D eigenvalue weighted by atomic mass is 79.9. The first-order valence-electron chi connectivity index (χ1n) is 8.00. The Morgan fingerprint density at radius 1 is 1.40 bits per heavy atom. The van der Waals surface area contributed by atoms with Crippen LogP contribution in [-0.4, -0.2) is 41.6 Å². The Hall–Kier alpha value is -1.34. The SMILES string of the molecule is CC(C)(C)OC(=O)N1CCC[C@H](NC(=O)c2cc(Br)c(Cl)cc2F)C1. The quantitative estimate of drug-likeness (QED) is 0.702. The summed E-state index contributed by atoms with van der Waals surface area (Å²) in [5, 5.41) is 2.98. The molecule has 0 aliphatic carbocycles. The molecule has 5 nitrogen and oxygen atoms in total. The van der Waals surface area contributed by atoms with Gasteiger partial charge in [0.1, 0.15) is 11.4 Å². The second-order valence-electron chi connectivity index (χ2n) is 6.99. The first kappa shape index (κ1) is 20.0. The van der Waals surface area contributed by atoms with Crippen molar-refractivity contribution in [2.45, 2.75) is 45.3 Å². The van der Waals surface area contributed by atoms with Crippen LogP contribution in [0.1, 0.15) is 44.0 Å². The monoisotopic (exact) mass is 434 g/mol. The molecule has 0 aromatic heterocycles. The summed E-state index contributed by atoms with van der Waals surface area (Å²) in [5.41, 5.74) is -0.669. The number of nitrogens with zero attached hydrogens (tertiary/aromatic N) is 1. The summed E-state index contributed by atoms with van der Waals surface area (Å²) in [6.45, 7) is 6.30. The van der Waals surface area contributed by atoms with Crippen LogP contribution in [0.2, 0.25) is 5.02 Å². The lowest BCUT2D eigenvalue weighted by molar-refractivity contribution is 0.0185. The number of piperidine rings is 1. The molecule has 25 heavy (non-hydrogen) atoms. The first-order chi connectivity index (χ1) is 11.6. The lowest BCUT2D eigenvalue weighted by atomic mass is 10.1. The Balaban J connectivity index is 2.02. The van der Waals surface area contributed by atoms with Gasteiger partial charge in [-0.2, -0.15) is 0 Å². The topological polar surface area (TPSA) is 58.6 Å². The highest BCUT2D eigenvalue weighted by molar-refractivity contribution is 9.10. The molecule has 2 rings (SSSR count). The number of ether oxygens (including phenoxy) is 1. The van der Waals surface area contributed by atoms with E-state index in [2.05, 4.69) is 21.2 Å². The van der Waals surface area contributed by atoms with Gasteiger partial charge in [-0.05, 0) is 61.7 Å². The molecule has 1 aliphatic rings. The highest BCUT2D eigenvalue weighted by Gasteiger charge is 2.29. The number of benzene rings is 1. The summed E-state index contributed by atoms with van der Waals surface area (Å²) >= 11 is 8.99. The molecule has 138 valence electrons. The van der Waals surface area contributed by atoms with E-state index in [9.17, 15) is 14.0 Å². The lowest BCUT2D eigenvalue weighted by Gasteiger charge is -2.34. The largest absolute Gasteiger partial charge is 0.444 e. The van der Waals surface area contributed by atoms with E-state index in [-0.39, 0.29) is 16.6 Å². The standard InChI is InChI=1S/C17H21BrClFN2O3/c1-17(2,3)25-16(24)22-6-4-5-10(9-22)21-15(23)11-7-12(18)13(19)8-14(11)20/h7-8,10H,4-6,9H2,1-3H3,(H,21,23)/t10-/m0/s1. The van der Waals surface area contributed by atoms with Gasteiger partial charge in [-0.3, -0.25) is 4.79 Å². The molecule has 0 bridgehead atoms. The average molecular weight is 436 g/mol. The van der Waals surface area contributed by atoms with Gasteiger partial charge < -0.3 is 15.0 Å². The molecular formula is C17H21BrClFN2O3. The van der Waals surface area contributed by atoms with Gasteiger partial charge in [0.05, 0.1) is 10.6 Å². The van der Waals surface area contributed by atoms with E-state index in [4.69, 9.17) is 16.3 Å². The summed E-state index contributed by atoms with van der Waals surface area (Å²) in [5.74, 6) is -1.23. The van der Waals surface area contributed by atoms with Crippen LogP contribution in [0.4, 0.5) is 9.18 Å².